The topological polar surface area (TPSA) is 39.1 Å². The number of ether oxygens (including phenoxy) is 1. The van der Waals surface area contributed by atoms with E-state index >= 15 is 0 Å². The van der Waals surface area contributed by atoms with Crippen molar-refractivity contribution in [2.45, 2.75) is 13.0 Å². The van der Waals surface area contributed by atoms with Crippen LogP contribution in [0, 0.1) is 0 Å². The van der Waals surface area contributed by atoms with Gasteiger partial charge in [-0.05, 0) is 29.7 Å². The van der Waals surface area contributed by atoms with Crippen LogP contribution in [0.4, 0.5) is 5.82 Å². The van der Waals surface area contributed by atoms with Gasteiger partial charge >= 0.3 is 0 Å². The molecule has 0 fully saturated rings. The molecule has 2 aromatic rings. The van der Waals surface area contributed by atoms with E-state index in [0.29, 0.717) is 0 Å². The first-order chi connectivity index (χ1) is 10.3. The van der Waals surface area contributed by atoms with E-state index in [0.717, 1.165) is 43.6 Å². The molecule has 0 saturated heterocycles. The number of anilines is 1. The molecule has 0 amide bonds. The van der Waals surface area contributed by atoms with Gasteiger partial charge in [-0.2, -0.15) is 5.10 Å². The molecule has 0 aliphatic carbocycles. The van der Waals surface area contributed by atoms with Crippen LogP contribution in [-0.2, 0) is 11.3 Å². The maximum Gasteiger partial charge on any atom is 0.124 e. The van der Waals surface area contributed by atoms with Gasteiger partial charge in [-0.15, -0.1) is 0 Å². The van der Waals surface area contributed by atoms with Crippen molar-refractivity contribution in [1.82, 2.24) is 9.78 Å². The van der Waals surface area contributed by atoms with Crippen LogP contribution < -0.4 is 5.32 Å². The Hall–Kier alpha value is -1.78. The van der Waals surface area contributed by atoms with Crippen molar-refractivity contribution in [3.05, 3.63) is 58.8 Å². The zero-order chi connectivity index (χ0) is 14.5. The third kappa shape index (κ3) is 3.86. The summed E-state index contributed by atoms with van der Waals surface area (Å²) in [5.74, 6) is 1.01. The Bertz CT molecular complexity index is 619. The highest BCUT2D eigenvalue weighted by Crippen LogP contribution is 2.14. The molecule has 0 unspecified atom stereocenters. The van der Waals surface area contributed by atoms with Gasteiger partial charge in [0.1, 0.15) is 5.82 Å². The van der Waals surface area contributed by atoms with E-state index in [4.69, 9.17) is 16.3 Å². The molecule has 1 aromatic heterocycles. The van der Waals surface area contributed by atoms with Gasteiger partial charge in [-0.25, -0.2) is 4.68 Å². The zero-order valence-corrected chi connectivity index (χ0v) is 12.5. The van der Waals surface area contributed by atoms with Crippen LogP contribution in [0.1, 0.15) is 12.0 Å². The molecule has 0 radical (unpaired) electrons. The number of halogens is 1. The first-order valence-corrected chi connectivity index (χ1v) is 7.45. The fourth-order valence-corrected chi connectivity index (χ4v) is 2.43. The number of nitrogens with zero attached hydrogens (tertiary/aromatic N) is 2. The molecular weight excluding hydrogens is 286 g/mol. The van der Waals surface area contributed by atoms with Gasteiger partial charge < -0.3 is 10.1 Å². The van der Waals surface area contributed by atoms with Gasteiger partial charge in [0.05, 0.1) is 26.0 Å². The third-order valence-electron chi connectivity index (χ3n) is 3.44. The van der Waals surface area contributed by atoms with Crippen molar-refractivity contribution in [2.75, 3.05) is 25.1 Å². The molecule has 1 aliphatic rings. The summed E-state index contributed by atoms with van der Waals surface area (Å²) >= 11 is 5.91. The molecule has 2 heterocycles. The van der Waals surface area contributed by atoms with Crippen LogP contribution >= 0.6 is 11.6 Å². The first kappa shape index (κ1) is 14.2. The van der Waals surface area contributed by atoms with E-state index < -0.39 is 0 Å². The number of rotatable bonds is 5. The Labute approximate surface area is 129 Å². The second kappa shape index (κ2) is 6.78. The average Bonchev–Trinajstić information content (AvgIpc) is 2.96. The molecule has 5 heteroatoms. The normalized spacial score (nSPS) is 14.8. The molecule has 0 spiro atoms. The smallest absolute Gasteiger partial charge is 0.124 e. The number of hydrogen-bond donors (Lipinski definition) is 1. The van der Waals surface area contributed by atoms with Crippen molar-refractivity contribution >= 4 is 17.4 Å². The number of benzene rings is 1. The summed E-state index contributed by atoms with van der Waals surface area (Å²) < 4.78 is 7.40. The van der Waals surface area contributed by atoms with Crippen molar-refractivity contribution in [2.24, 2.45) is 0 Å². The lowest BCUT2D eigenvalue weighted by Crippen LogP contribution is -2.16. The monoisotopic (exact) mass is 303 g/mol. The minimum Gasteiger partial charge on any atom is -0.377 e. The molecule has 21 heavy (non-hydrogen) atoms. The Morgan fingerprint density at radius 2 is 2.10 bits per heavy atom. The third-order valence-corrected chi connectivity index (χ3v) is 3.69. The summed E-state index contributed by atoms with van der Waals surface area (Å²) in [7, 11) is 0. The predicted octanol–water partition coefficient (Wildman–Crippen LogP) is 3.34. The van der Waals surface area contributed by atoms with Crippen molar-refractivity contribution < 1.29 is 4.74 Å². The van der Waals surface area contributed by atoms with E-state index in [2.05, 4.69) is 16.5 Å². The lowest BCUT2D eigenvalue weighted by molar-refractivity contribution is 0.150. The molecule has 0 atom stereocenters. The standard InChI is InChI=1S/C16H18ClN3O/c17-15-5-3-13(4-6-15)11-20-16(7-8-19-20)18-10-14-2-1-9-21-12-14/h2-8,18H,1,9-12H2. The highest BCUT2D eigenvalue weighted by atomic mass is 35.5. The Morgan fingerprint density at radius 1 is 1.24 bits per heavy atom. The minimum absolute atomic E-state index is 0.721. The number of hydrogen-bond acceptors (Lipinski definition) is 3. The molecule has 0 bridgehead atoms. The lowest BCUT2D eigenvalue weighted by Gasteiger charge is -2.15. The van der Waals surface area contributed by atoms with Crippen LogP contribution in [0.25, 0.3) is 0 Å². The van der Waals surface area contributed by atoms with E-state index in [9.17, 15) is 0 Å². The Morgan fingerprint density at radius 3 is 2.86 bits per heavy atom. The molecule has 110 valence electrons. The molecule has 1 aliphatic heterocycles. The average molecular weight is 304 g/mol. The van der Waals surface area contributed by atoms with Crippen LogP contribution in [0.2, 0.25) is 5.02 Å². The summed E-state index contributed by atoms with van der Waals surface area (Å²) in [5, 5.41) is 8.54. The van der Waals surface area contributed by atoms with E-state index in [1.54, 1.807) is 0 Å². The maximum atomic E-state index is 5.91. The van der Waals surface area contributed by atoms with Gasteiger partial charge in [-0.3, -0.25) is 0 Å². The fraction of sp³-hybridized carbons (Fsp3) is 0.312. The number of nitrogens with one attached hydrogen (secondary N) is 1. The molecular formula is C16H18ClN3O. The zero-order valence-electron chi connectivity index (χ0n) is 11.8. The van der Waals surface area contributed by atoms with Crippen LogP contribution in [-0.4, -0.2) is 29.5 Å². The van der Waals surface area contributed by atoms with Gasteiger partial charge in [0.25, 0.3) is 0 Å². The molecule has 1 N–H and O–H groups in total. The van der Waals surface area contributed by atoms with E-state index in [1.165, 1.54) is 11.1 Å². The van der Waals surface area contributed by atoms with Crippen molar-refractivity contribution in [3.63, 3.8) is 0 Å². The fourth-order valence-electron chi connectivity index (χ4n) is 2.31. The lowest BCUT2D eigenvalue weighted by atomic mass is 10.2. The highest BCUT2D eigenvalue weighted by Gasteiger charge is 2.06. The van der Waals surface area contributed by atoms with Gasteiger partial charge in [0, 0.05) is 17.6 Å². The molecule has 4 nitrogen and oxygen atoms in total. The van der Waals surface area contributed by atoms with Crippen LogP contribution in [0.3, 0.4) is 0 Å². The summed E-state index contributed by atoms with van der Waals surface area (Å²) in [5.41, 5.74) is 2.46. The summed E-state index contributed by atoms with van der Waals surface area (Å²) in [6, 6.07) is 9.83. The second-order valence-electron chi connectivity index (χ2n) is 5.06. The molecule has 3 rings (SSSR count). The van der Waals surface area contributed by atoms with Crippen LogP contribution in [0.15, 0.2) is 48.2 Å². The Kier molecular flexibility index (Phi) is 4.58. The van der Waals surface area contributed by atoms with Gasteiger partial charge in [-0.1, -0.05) is 29.8 Å². The largest absolute Gasteiger partial charge is 0.377 e. The predicted molar refractivity (Wildman–Crippen MR) is 84.8 cm³/mol. The number of aromatic nitrogens is 2. The van der Waals surface area contributed by atoms with Gasteiger partial charge in [0.15, 0.2) is 0 Å². The van der Waals surface area contributed by atoms with Crippen LogP contribution in [0.5, 0.6) is 0 Å². The first-order valence-electron chi connectivity index (χ1n) is 7.07. The summed E-state index contributed by atoms with van der Waals surface area (Å²) in [4.78, 5) is 0. The van der Waals surface area contributed by atoms with E-state index in [-0.39, 0.29) is 0 Å². The summed E-state index contributed by atoms with van der Waals surface area (Å²) in [6.07, 6.45) is 5.06. The minimum atomic E-state index is 0.721. The van der Waals surface area contributed by atoms with E-state index in [1.807, 2.05) is 41.2 Å². The maximum absolute atomic E-state index is 5.91. The second-order valence-corrected chi connectivity index (χ2v) is 5.49. The van der Waals surface area contributed by atoms with Crippen molar-refractivity contribution in [3.8, 4) is 0 Å². The molecule has 0 saturated carbocycles. The Balaban J connectivity index is 1.63. The summed E-state index contributed by atoms with van der Waals surface area (Å²) in [6.45, 7) is 3.07. The SMILES string of the molecule is Clc1ccc(Cn2nccc2NCC2=CCCOC2)cc1. The van der Waals surface area contributed by atoms with Gasteiger partial charge in [0.2, 0.25) is 0 Å². The highest BCUT2D eigenvalue weighted by molar-refractivity contribution is 6.30. The molecule has 1 aromatic carbocycles. The quantitative estimate of drug-likeness (QED) is 0.861. The van der Waals surface area contributed by atoms with Crippen molar-refractivity contribution in [1.29, 1.82) is 0 Å².